The summed E-state index contributed by atoms with van der Waals surface area (Å²) in [6.45, 7) is 2.79. The van der Waals surface area contributed by atoms with Gasteiger partial charge in [-0.25, -0.2) is 4.79 Å². The third kappa shape index (κ3) is 27.2. The average Bonchev–Trinajstić information content (AvgIpc) is 2.78. The third-order valence-electron chi connectivity index (χ3n) is 6.38. The summed E-state index contributed by atoms with van der Waals surface area (Å²) in [7, 11) is 1.35. The van der Waals surface area contributed by atoms with E-state index in [0.717, 1.165) is 12.8 Å². The number of hydrogen-bond donors (Lipinski definition) is 0. The van der Waals surface area contributed by atoms with Gasteiger partial charge in [0.2, 0.25) is 0 Å². The third-order valence-corrected chi connectivity index (χ3v) is 6.38. The molecule has 0 aliphatic heterocycles. The fraction of sp³-hybridized carbons (Fsp3) is 0.964. The Kier molecular flexibility index (Phi) is 26.7. The number of carbonyl (C=O) groups is 1. The summed E-state index contributed by atoms with van der Waals surface area (Å²) in [5.74, 6) is 0. The summed E-state index contributed by atoms with van der Waals surface area (Å²) in [6, 6.07) is 0. The normalized spacial score (nSPS) is 11.0. The number of rotatable bonds is 25. The van der Waals surface area contributed by atoms with Gasteiger partial charge in [0.1, 0.15) is 0 Å². The Morgan fingerprint density at radius 3 is 0.968 bits per heavy atom. The van der Waals surface area contributed by atoms with Crippen molar-refractivity contribution in [2.24, 2.45) is 0 Å². The molecule has 0 N–H and O–H groups in total. The Balaban J connectivity index is 3.01. The fourth-order valence-electron chi connectivity index (χ4n) is 4.28. The molecule has 0 amide bonds. The van der Waals surface area contributed by atoms with Crippen molar-refractivity contribution < 1.29 is 14.3 Å². The number of unbranched alkanes of at least 4 members (excludes halogenated alkanes) is 23. The molecule has 186 valence electrons. The average molecular weight is 441 g/mol. The van der Waals surface area contributed by atoms with E-state index in [1.54, 1.807) is 0 Å². The summed E-state index contributed by atoms with van der Waals surface area (Å²) in [5, 5.41) is 0. The quantitative estimate of drug-likeness (QED) is 0.105. The van der Waals surface area contributed by atoms with Crippen molar-refractivity contribution in [3.05, 3.63) is 0 Å². The van der Waals surface area contributed by atoms with Crippen molar-refractivity contribution in [1.29, 1.82) is 0 Å². The van der Waals surface area contributed by atoms with Crippen molar-refractivity contribution in [3.8, 4) is 0 Å². The number of ether oxygens (including phenoxy) is 2. The summed E-state index contributed by atoms with van der Waals surface area (Å²) < 4.78 is 9.32. The standard InChI is InChI=1S/C28H56O3/c1-3-4-5-6-7-8-9-10-11-12-13-14-15-16-17-18-19-20-21-22-23-24-25-26-27-31-28(29)30-2/h3-27H2,1-2H3. The maximum atomic E-state index is 10.8. The van der Waals surface area contributed by atoms with Gasteiger partial charge in [0.05, 0.1) is 13.7 Å². The van der Waals surface area contributed by atoms with Gasteiger partial charge < -0.3 is 9.47 Å². The highest BCUT2D eigenvalue weighted by molar-refractivity contribution is 5.59. The molecular weight excluding hydrogens is 384 g/mol. The van der Waals surface area contributed by atoms with Crippen LogP contribution in [0.2, 0.25) is 0 Å². The summed E-state index contributed by atoms with van der Waals surface area (Å²) in [5.41, 5.74) is 0. The van der Waals surface area contributed by atoms with Crippen LogP contribution in [-0.2, 0) is 9.47 Å². The van der Waals surface area contributed by atoms with Crippen molar-refractivity contribution in [1.82, 2.24) is 0 Å². The van der Waals surface area contributed by atoms with Crippen LogP contribution >= 0.6 is 0 Å². The van der Waals surface area contributed by atoms with Crippen LogP contribution in [0.25, 0.3) is 0 Å². The summed E-state index contributed by atoms with van der Waals surface area (Å²) in [4.78, 5) is 10.8. The lowest BCUT2D eigenvalue weighted by molar-refractivity contribution is 0.0713. The molecule has 0 atom stereocenters. The topological polar surface area (TPSA) is 35.5 Å². The van der Waals surface area contributed by atoms with E-state index in [9.17, 15) is 4.79 Å². The van der Waals surface area contributed by atoms with Crippen LogP contribution in [0.1, 0.15) is 161 Å². The first-order valence-electron chi connectivity index (χ1n) is 14.0. The first-order chi connectivity index (χ1) is 15.3. The highest BCUT2D eigenvalue weighted by Crippen LogP contribution is 2.15. The molecule has 0 unspecified atom stereocenters. The molecule has 0 aromatic rings. The Hall–Kier alpha value is -0.730. The van der Waals surface area contributed by atoms with E-state index in [0.29, 0.717) is 6.61 Å². The van der Waals surface area contributed by atoms with Crippen LogP contribution in [0.3, 0.4) is 0 Å². The van der Waals surface area contributed by atoms with Crippen molar-refractivity contribution in [2.45, 2.75) is 161 Å². The maximum Gasteiger partial charge on any atom is 0.507 e. The highest BCUT2D eigenvalue weighted by atomic mass is 16.7. The van der Waals surface area contributed by atoms with Gasteiger partial charge in [-0.05, 0) is 6.42 Å². The zero-order valence-corrected chi connectivity index (χ0v) is 21.4. The lowest BCUT2D eigenvalue weighted by Crippen LogP contribution is -2.05. The molecule has 0 heterocycles. The predicted octanol–water partition coefficient (Wildman–Crippen LogP) is 10.2. The van der Waals surface area contributed by atoms with Crippen LogP contribution in [-0.4, -0.2) is 19.9 Å². The number of methoxy groups -OCH3 is 1. The number of carbonyl (C=O) groups excluding carboxylic acids is 1. The minimum absolute atomic E-state index is 0.492. The molecule has 0 aliphatic rings. The van der Waals surface area contributed by atoms with E-state index < -0.39 is 6.16 Å². The van der Waals surface area contributed by atoms with Gasteiger partial charge in [0.25, 0.3) is 0 Å². The SMILES string of the molecule is CCCCCCCCCCCCCCCCCCCCCCCCCCOC(=O)OC. The second-order valence-corrected chi connectivity index (χ2v) is 9.43. The van der Waals surface area contributed by atoms with Gasteiger partial charge in [-0.3, -0.25) is 0 Å². The molecule has 0 aliphatic carbocycles. The van der Waals surface area contributed by atoms with Gasteiger partial charge in [-0.2, -0.15) is 0 Å². The number of hydrogen-bond acceptors (Lipinski definition) is 3. The summed E-state index contributed by atoms with van der Waals surface area (Å²) in [6.07, 6.45) is 32.9. The van der Waals surface area contributed by atoms with Gasteiger partial charge >= 0.3 is 6.16 Å². The molecule has 0 saturated carbocycles. The second kappa shape index (κ2) is 27.3. The molecular formula is C28H56O3. The Labute approximate surface area is 195 Å². The van der Waals surface area contributed by atoms with E-state index in [-0.39, 0.29) is 0 Å². The van der Waals surface area contributed by atoms with Gasteiger partial charge in [0, 0.05) is 0 Å². The first-order valence-corrected chi connectivity index (χ1v) is 14.0. The monoisotopic (exact) mass is 440 g/mol. The molecule has 3 nitrogen and oxygen atoms in total. The second-order valence-electron chi connectivity index (χ2n) is 9.43. The molecule has 0 radical (unpaired) electrons. The molecule has 0 spiro atoms. The van der Waals surface area contributed by atoms with Crippen molar-refractivity contribution in [2.75, 3.05) is 13.7 Å². The van der Waals surface area contributed by atoms with E-state index in [1.165, 1.54) is 148 Å². The van der Waals surface area contributed by atoms with Crippen LogP contribution in [0.15, 0.2) is 0 Å². The zero-order valence-electron chi connectivity index (χ0n) is 21.4. The Morgan fingerprint density at radius 1 is 0.452 bits per heavy atom. The van der Waals surface area contributed by atoms with Gasteiger partial charge in [-0.1, -0.05) is 155 Å². The minimum Gasteiger partial charge on any atom is -0.438 e. The molecule has 0 aromatic heterocycles. The molecule has 0 rings (SSSR count). The molecule has 0 aromatic carbocycles. The summed E-state index contributed by atoms with van der Waals surface area (Å²) >= 11 is 0. The van der Waals surface area contributed by atoms with Crippen LogP contribution in [0.5, 0.6) is 0 Å². The molecule has 0 saturated heterocycles. The molecule has 3 heteroatoms. The molecule has 0 bridgehead atoms. The van der Waals surface area contributed by atoms with Gasteiger partial charge in [0.15, 0.2) is 0 Å². The Bertz CT molecular complexity index is 343. The highest BCUT2D eigenvalue weighted by Gasteiger charge is 1.99. The minimum atomic E-state index is -0.561. The van der Waals surface area contributed by atoms with E-state index >= 15 is 0 Å². The fourth-order valence-corrected chi connectivity index (χ4v) is 4.28. The largest absolute Gasteiger partial charge is 0.507 e. The van der Waals surface area contributed by atoms with E-state index in [1.807, 2.05) is 0 Å². The first kappa shape index (κ1) is 30.3. The molecule has 31 heavy (non-hydrogen) atoms. The lowest BCUT2D eigenvalue weighted by Gasteiger charge is -2.04. The zero-order chi connectivity index (χ0) is 22.7. The van der Waals surface area contributed by atoms with Crippen LogP contribution in [0, 0.1) is 0 Å². The van der Waals surface area contributed by atoms with Crippen molar-refractivity contribution >= 4 is 6.16 Å². The van der Waals surface area contributed by atoms with Crippen molar-refractivity contribution in [3.63, 3.8) is 0 Å². The smallest absolute Gasteiger partial charge is 0.438 e. The Morgan fingerprint density at radius 2 is 0.710 bits per heavy atom. The van der Waals surface area contributed by atoms with Crippen LogP contribution < -0.4 is 0 Å². The van der Waals surface area contributed by atoms with Crippen LogP contribution in [0.4, 0.5) is 4.79 Å². The maximum absolute atomic E-state index is 10.8. The lowest BCUT2D eigenvalue weighted by atomic mass is 10.0. The predicted molar refractivity (Wildman–Crippen MR) is 135 cm³/mol. The van der Waals surface area contributed by atoms with E-state index in [2.05, 4.69) is 11.7 Å². The van der Waals surface area contributed by atoms with Gasteiger partial charge in [-0.15, -0.1) is 0 Å². The van der Waals surface area contributed by atoms with E-state index in [4.69, 9.17) is 4.74 Å². The molecule has 0 fully saturated rings.